The van der Waals surface area contributed by atoms with Gasteiger partial charge in [-0.2, -0.15) is 0 Å². The average Bonchev–Trinajstić information content (AvgIpc) is 3.29. The van der Waals surface area contributed by atoms with E-state index in [9.17, 15) is 0 Å². The van der Waals surface area contributed by atoms with Gasteiger partial charge in [0.25, 0.3) is 0 Å². The summed E-state index contributed by atoms with van der Waals surface area (Å²) < 4.78 is 18.4. The Balaban J connectivity index is 1.08. The first-order chi connectivity index (χ1) is 16.7. The summed E-state index contributed by atoms with van der Waals surface area (Å²) in [4.78, 5) is 0. The molecule has 0 spiro atoms. The lowest BCUT2D eigenvalue weighted by Gasteiger charge is -2.61. The van der Waals surface area contributed by atoms with Crippen molar-refractivity contribution in [2.45, 2.75) is 149 Å². The predicted octanol–water partition coefficient (Wildman–Crippen LogP) is 8.15. The van der Waals surface area contributed by atoms with Gasteiger partial charge in [0.05, 0.1) is 17.8 Å². The minimum atomic E-state index is 0.0831. The first-order valence-corrected chi connectivity index (χ1v) is 15.7. The van der Waals surface area contributed by atoms with Crippen molar-refractivity contribution in [1.29, 1.82) is 0 Å². The van der Waals surface area contributed by atoms with Crippen LogP contribution in [0.1, 0.15) is 125 Å². The lowest BCUT2D eigenvalue weighted by atomic mass is 9.44. The van der Waals surface area contributed by atoms with Crippen LogP contribution in [0.25, 0.3) is 0 Å². The smallest absolute Gasteiger partial charge is 0.157 e. The standard InChI is InChI=1S/C32H54O3/c1-21(9-14-28-30(2,3)35-28)25-12-13-26-24-11-10-22-20-23(34-29-8-6-7-19-33-29)15-17-31(22,4)27(24)16-18-32(25,26)5/h21-29H,6-20H2,1-5H3/t21-,22-,23-,24+,25-,26+,27+,28+,29?,31+,32-/m1/s1. The van der Waals surface area contributed by atoms with E-state index >= 15 is 0 Å². The van der Waals surface area contributed by atoms with Crippen LogP contribution in [0.4, 0.5) is 0 Å². The highest BCUT2D eigenvalue weighted by atomic mass is 16.7. The van der Waals surface area contributed by atoms with Gasteiger partial charge in [0.1, 0.15) is 0 Å². The molecule has 6 aliphatic rings. The van der Waals surface area contributed by atoms with Crippen molar-refractivity contribution in [3.8, 4) is 0 Å². The maximum Gasteiger partial charge on any atom is 0.157 e. The van der Waals surface area contributed by atoms with Crippen LogP contribution < -0.4 is 0 Å². The lowest BCUT2D eigenvalue weighted by Crippen LogP contribution is -2.54. The van der Waals surface area contributed by atoms with Crippen LogP contribution in [0, 0.1) is 46.3 Å². The molecule has 35 heavy (non-hydrogen) atoms. The Kier molecular flexibility index (Phi) is 6.66. The van der Waals surface area contributed by atoms with Gasteiger partial charge >= 0.3 is 0 Å². The summed E-state index contributed by atoms with van der Waals surface area (Å²) >= 11 is 0. The van der Waals surface area contributed by atoms with Gasteiger partial charge in [-0.25, -0.2) is 0 Å². The van der Waals surface area contributed by atoms with E-state index in [1.54, 1.807) is 0 Å². The van der Waals surface area contributed by atoms with E-state index < -0.39 is 0 Å². The second-order valence-corrected chi connectivity index (χ2v) is 15.0. The van der Waals surface area contributed by atoms with E-state index in [0.29, 0.717) is 23.0 Å². The van der Waals surface area contributed by atoms with E-state index in [2.05, 4.69) is 34.6 Å². The number of epoxide rings is 1. The quantitative estimate of drug-likeness (QED) is 0.280. The fraction of sp³-hybridized carbons (Fsp3) is 1.00. The molecule has 0 radical (unpaired) electrons. The zero-order valence-corrected chi connectivity index (χ0v) is 23.5. The van der Waals surface area contributed by atoms with Crippen LogP contribution in [-0.2, 0) is 14.2 Å². The van der Waals surface area contributed by atoms with Crippen LogP contribution >= 0.6 is 0 Å². The summed E-state index contributed by atoms with van der Waals surface area (Å²) in [5.74, 6) is 5.57. The highest BCUT2D eigenvalue weighted by molar-refractivity contribution is 5.10. The third kappa shape index (κ3) is 4.46. The van der Waals surface area contributed by atoms with Crippen LogP contribution in [0.5, 0.6) is 0 Å². The molecule has 0 bridgehead atoms. The molecule has 200 valence electrons. The summed E-state index contributed by atoms with van der Waals surface area (Å²) in [5.41, 5.74) is 1.29. The SMILES string of the molecule is C[C@H](CC[C@@H]1OC1(C)C)[C@H]1CC[C@H]2[C@@H]3CC[C@@H]4C[C@H](OC5CCCCO5)CC[C@]4(C)[C@H]3CC[C@]12C. The molecule has 2 aliphatic heterocycles. The van der Waals surface area contributed by atoms with Gasteiger partial charge in [-0.05, 0) is 150 Å². The van der Waals surface area contributed by atoms with Crippen molar-refractivity contribution in [3.05, 3.63) is 0 Å². The first kappa shape index (κ1) is 25.2. The molecule has 11 atom stereocenters. The zero-order chi connectivity index (χ0) is 24.4. The summed E-state index contributed by atoms with van der Waals surface area (Å²) in [6.45, 7) is 13.4. The molecule has 0 aromatic carbocycles. The molecule has 6 rings (SSSR count). The number of ether oxygens (including phenoxy) is 3. The Hall–Kier alpha value is -0.120. The first-order valence-electron chi connectivity index (χ1n) is 15.7. The van der Waals surface area contributed by atoms with Gasteiger partial charge in [0, 0.05) is 6.61 Å². The van der Waals surface area contributed by atoms with Crippen molar-refractivity contribution in [2.75, 3.05) is 6.61 Å². The van der Waals surface area contributed by atoms with Crippen LogP contribution in [0.2, 0.25) is 0 Å². The average molecular weight is 487 g/mol. The van der Waals surface area contributed by atoms with Crippen molar-refractivity contribution < 1.29 is 14.2 Å². The highest BCUT2D eigenvalue weighted by Gasteiger charge is 2.61. The zero-order valence-electron chi connectivity index (χ0n) is 23.5. The third-order valence-electron chi connectivity index (χ3n) is 12.9. The normalized spacial score (nSPS) is 51.7. The topological polar surface area (TPSA) is 31.0 Å². The van der Waals surface area contributed by atoms with E-state index in [1.807, 2.05) is 0 Å². The number of rotatable bonds is 6. The second kappa shape index (κ2) is 9.26. The molecule has 3 nitrogen and oxygen atoms in total. The van der Waals surface area contributed by atoms with Crippen molar-refractivity contribution >= 4 is 0 Å². The summed E-state index contributed by atoms with van der Waals surface area (Å²) in [6.07, 6.45) is 20.1. The fourth-order valence-corrected chi connectivity index (χ4v) is 10.7. The molecule has 6 fully saturated rings. The third-order valence-corrected chi connectivity index (χ3v) is 12.9. The molecule has 0 aromatic rings. The summed E-state index contributed by atoms with van der Waals surface area (Å²) in [7, 11) is 0. The minimum absolute atomic E-state index is 0.0831. The van der Waals surface area contributed by atoms with Gasteiger partial charge in [-0.3, -0.25) is 0 Å². The van der Waals surface area contributed by atoms with Gasteiger partial charge < -0.3 is 14.2 Å². The number of hydrogen-bond donors (Lipinski definition) is 0. The molecule has 4 aliphatic carbocycles. The molecule has 3 heteroatoms. The maximum absolute atomic E-state index is 6.51. The van der Waals surface area contributed by atoms with E-state index in [0.717, 1.165) is 48.5 Å². The van der Waals surface area contributed by atoms with Crippen LogP contribution in [0.3, 0.4) is 0 Å². The Morgan fingerprint density at radius 1 is 0.857 bits per heavy atom. The molecule has 0 amide bonds. The minimum Gasteiger partial charge on any atom is -0.367 e. The van der Waals surface area contributed by atoms with Crippen molar-refractivity contribution in [3.63, 3.8) is 0 Å². The molecule has 0 aromatic heterocycles. The Labute approximate surface area is 215 Å². The van der Waals surface area contributed by atoms with Crippen molar-refractivity contribution in [2.24, 2.45) is 46.3 Å². The maximum atomic E-state index is 6.51. The largest absolute Gasteiger partial charge is 0.367 e. The molecular weight excluding hydrogens is 432 g/mol. The van der Waals surface area contributed by atoms with E-state index in [1.165, 1.54) is 83.5 Å². The summed E-state index contributed by atoms with van der Waals surface area (Å²) in [6, 6.07) is 0. The highest BCUT2D eigenvalue weighted by Crippen LogP contribution is 2.68. The Morgan fingerprint density at radius 2 is 1.63 bits per heavy atom. The van der Waals surface area contributed by atoms with Crippen molar-refractivity contribution in [1.82, 2.24) is 0 Å². The second-order valence-electron chi connectivity index (χ2n) is 15.0. The van der Waals surface area contributed by atoms with Gasteiger partial charge in [0.15, 0.2) is 6.29 Å². The van der Waals surface area contributed by atoms with Gasteiger partial charge in [-0.1, -0.05) is 20.8 Å². The van der Waals surface area contributed by atoms with E-state index in [4.69, 9.17) is 14.2 Å². The van der Waals surface area contributed by atoms with Gasteiger partial charge in [-0.15, -0.1) is 0 Å². The molecule has 4 saturated carbocycles. The predicted molar refractivity (Wildman–Crippen MR) is 141 cm³/mol. The number of hydrogen-bond acceptors (Lipinski definition) is 3. The Morgan fingerprint density at radius 3 is 2.37 bits per heavy atom. The van der Waals surface area contributed by atoms with Gasteiger partial charge in [0.2, 0.25) is 0 Å². The lowest BCUT2D eigenvalue weighted by molar-refractivity contribution is -0.212. The van der Waals surface area contributed by atoms with E-state index in [-0.39, 0.29) is 11.9 Å². The molecular formula is C32H54O3. The van der Waals surface area contributed by atoms with Crippen LogP contribution in [-0.4, -0.2) is 30.7 Å². The number of fused-ring (bicyclic) bond motifs is 5. The van der Waals surface area contributed by atoms with Crippen LogP contribution in [0.15, 0.2) is 0 Å². The molecule has 0 N–H and O–H groups in total. The molecule has 1 unspecified atom stereocenters. The Bertz CT molecular complexity index is 758. The molecule has 2 heterocycles. The summed E-state index contributed by atoms with van der Waals surface area (Å²) in [5, 5.41) is 0. The fourth-order valence-electron chi connectivity index (χ4n) is 10.7. The molecule has 2 saturated heterocycles. The monoisotopic (exact) mass is 486 g/mol.